The summed E-state index contributed by atoms with van der Waals surface area (Å²) in [6.45, 7) is 7.69. The van der Waals surface area contributed by atoms with E-state index in [9.17, 15) is 0 Å². The molecule has 0 aromatic heterocycles. The number of hydrogen-bond donors (Lipinski definition) is 1. The molecule has 1 fully saturated rings. The predicted octanol–water partition coefficient (Wildman–Crippen LogP) is 1.01. The molecule has 1 aliphatic heterocycles. The highest BCUT2D eigenvalue weighted by molar-refractivity contribution is 4.78. The first-order chi connectivity index (χ1) is 3.93. The summed E-state index contributed by atoms with van der Waals surface area (Å²) in [5.74, 6) is 0. The minimum absolute atomic E-state index is 0.128. The molecule has 2 heteroatoms. The standard InChI is InChI=1S/C6H10N2/c1-7-6-4-2-3-5-8-6/h6,8H,2-5H2. The normalized spacial score (nSPS) is 29.1. The van der Waals surface area contributed by atoms with Crippen LogP contribution in [0.2, 0.25) is 0 Å². The summed E-state index contributed by atoms with van der Waals surface area (Å²) in [6.07, 6.45) is 3.64. The molecule has 44 valence electrons. The van der Waals surface area contributed by atoms with Gasteiger partial charge in [0.2, 0.25) is 0 Å². The average Bonchev–Trinajstić information content (AvgIpc) is 1.90. The first-order valence-corrected chi connectivity index (χ1v) is 3.03. The van der Waals surface area contributed by atoms with E-state index in [1.807, 2.05) is 0 Å². The number of rotatable bonds is 0. The van der Waals surface area contributed by atoms with Gasteiger partial charge in [-0.15, -0.1) is 0 Å². The van der Waals surface area contributed by atoms with Crippen molar-refractivity contribution in [2.45, 2.75) is 25.4 Å². The third-order valence-electron chi connectivity index (χ3n) is 1.44. The molecule has 0 aromatic carbocycles. The Bertz CT molecular complexity index is 97.6. The van der Waals surface area contributed by atoms with Gasteiger partial charge in [0.1, 0.15) is 0 Å². The Balaban J connectivity index is 2.25. The van der Waals surface area contributed by atoms with Crippen molar-refractivity contribution in [2.24, 2.45) is 0 Å². The predicted molar refractivity (Wildman–Crippen MR) is 32.2 cm³/mol. The lowest BCUT2D eigenvalue weighted by molar-refractivity contribution is 0.452. The summed E-state index contributed by atoms with van der Waals surface area (Å²) in [6, 6.07) is 0. The van der Waals surface area contributed by atoms with Crippen molar-refractivity contribution in [3.8, 4) is 0 Å². The van der Waals surface area contributed by atoms with E-state index in [0.29, 0.717) is 0 Å². The van der Waals surface area contributed by atoms with Crippen LogP contribution in [0.3, 0.4) is 0 Å². The third kappa shape index (κ3) is 1.21. The molecular formula is C6H10N2. The van der Waals surface area contributed by atoms with Crippen LogP contribution in [0.4, 0.5) is 0 Å². The SMILES string of the molecule is [C-]#[N+]C1CCCCN1. The highest BCUT2D eigenvalue weighted by atomic mass is 15.0. The molecule has 0 aromatic rings. The van der Waals surface area contributed by atoms with Crippen molar-refractivity contribution in [2.75, 3.05) is 6.54 Å². The van der Waals surface area contributed by atoms with Crippen LogP contribution in [0.1, 0.15) is 19.3 Å². The zero-order chi connectivity index (χ0) is 5.82. The Kier molecular flexibility index (Phi) is 1.87. The van der Waals surface area contributed by atoms with Crippen LogP contribution in [0.25, 0.3) is 4.85 Å². The average molecular weight is 110 g/mol. The molecule has 0 radical (unpaired) electrons. The van der Waals surface area contributed by atoms with Gasteiger partial charge in [0, 0.05) is 13.0 Å². The van der Waals surface area contributed by atoms with Gasteiger partial charge in [0.05, 0.1) is 0 Å². The van der Waals surface area contributed by atoms with E-state index in [4.69, 9.17) is 6.57 Å². The fourth-order valence-electron chi connectivity index (χ4n) is 0.944. The van der Waals surface area contributed by atoms with E-state index in [-0.39, 0.29) is 6.17 Å². The molecule has 1 unspecified atom stereocenters. The molecule has 1 N–H and O–H groups in total. The molecule has 1 heterocycles. The van der Waals surface area contributed by atoms with Crippen LogP contribution < -0.4 is 5.32 Å². The van der Waals surface area contributed by atoms with E-state index >= 15 is 0 Å². The van der Waals surface area contributed by atoms with Gasteiger partial charge in [-0.25, -0.2) is 11.9 Å². The maximum absolute atomic E-state index is 6.66. The molecular weight excluding hydrogens is 100 g/mol. The fourth-order valence-corrected chi connectivity index (χ4v) is 0.944. The van der Waals surface area contributed by atoms with Crippen molar-refractivity contribution in [1.29, 1.82) is 0 Å². The molecule has 0 aliphatic carbocycles. The van der Waals surface area contributed by atoms with E-state index in [0.717, 1.165) is 13.0 Å². The van der Waals surface area contributed by atoms with E-state index in [1.165, 1.54) is 12.8 Å². The first kappa shape index (κ1) is 5.58. The second-order valence-electron chi connectivity index (χ2n) is 2.09. The second-order valence-corrected chi connectivity index (χ2v) is 2.09. The van der Waals surface area contributed by atoms with Crippen molar-refractivity contribution < 1.29 is 0 Å². The quantitative estimate of drug-likeness (QED) is 0.460. The highest BCUT2D eigenvalue weighted by Crippen LogP contribution is 2.06. The molecule has 8 heavy (non-hydrogen) atoms. The van der Waals surface area contributed by atoms with Gasteiger partial charge in [0.25, 0.3) is 6.17 Å². The molecule has 1 rings (SSSR count). The van der Waals surface area contributed by atoms with E-state index < -0.39 is 0 Å². The molecule has 0 saturated carbocycles. The zero-order valence-corrected chi connectivity index (χ0v) is 4.85. The van der Waals surface area contributed by atoms with Crippen LogP contribution >= 0.6 is 0 Å². The molecule has 0 bridgehead atoms. The maximum Gasteiger partial charge on any atom is 0.277 e. The molecule has 0 spiro atoms. The maximum atomic E-state index is 6.66. The Hall–Kier alpha value is -0.550. The van der Waals surface area contributed by atoms with E-state index in [1.54, 1.807) is 0 Å². The van der Waals surface area contributed by atoms with Crippen LogP contribution in [0.5, 0.6) is 0 Å². The largest absolute Gasteiger partial charge is 0.296 e. The minimum atomic E-state index is 0.128. The second kappa shape index (κ2) is 2.68. The monoisotopic (exact) mass is 110 g/mol. The van der Waals surface area contributed by atoms with Gasteiger partial charge < -0.3 is 0 Å². The highest BCUT2D eigenvalue weighted by Gasteiger charge is 2.13. The topological polar surface area (TPSA) is 16.4 Å². The minimum Gasteiger partial charge on any atom is -0.296 e. The number of nitrogens with one attached hydrogen (secondary N) is 1. The third-order valence-corrected chi connectivity index (χ3v) is 1.44. The smallest absolute Gasteiger partial charge is 0.277 e. The van der Waals surface area contributed by atoms with Gasteiger partial charge >= 0.3 is 0 Å². The summed E-state index contributed by atoms with van der Waals surface area (Å²) >= 11 is 0. The molecule has 0 amide bonds. The van der Waals surface area contributed by atoms with Crippen molar-refractivity contribution in [1.82, 2.24) is 5.32 Å². The molecule has 1 atom stereocenters. The Labute approximate surface area is 49.7 Å². The van der Waals surface area contributed by atoms with Crippen LogP contribution in [0, 0.1) is 6.57 Å². The summed E-state index contributed by atoms with van der Waals surface area (Å²) in [5.41, 5.74) is 0. The fraction of sp³-hybridized carbons (Fsp3) is 0.833. The molecule has 2 nitrogen and oxygen atoms in total. The Morgan fingerprint density at radius 1 is 1.50 bits per heavy atom. The summed E-state index contributed by atoms with van der Waals surface area (Å²) < 4.78 is 0. The van der Waals surface area contributed by atoms with Gasteiger partial charge in [-0.1, -0.05) is 0 Å². The summed E-state index contributed by atoms with van der Waals surface area (Å²) in [4.78, 5) is 3.39. The molecule has 1 saturated heterocycles. The lowest BCUT2D eigenvalue weighted by Crippen LogP contribution is -2.30. The number of nitrogens with zero attached hydrogens (tertiary/aromatic N) is 1. The van der Waals surface area contributed by atoms with Gasteiger partial charge in [-0.3, -0.25) is 4.85 Å². The van der Waals surface area contributed by atoms with Crippen molar-refractivity contribution in [3.05, 3.63) is 11.4 Å². The Morgan fingerprint density at radius 2 is 2.38 bits per heavy atom. The van der Waals surface area contributed by atoms with Gasteiger partial charge in [-0.05, 0) is 12.8 Å². The lowest BCUT2D eigenvalue weighted by Gasteiger charge is -2.12. The van der Waals surface area contributed by atoms with Crippen LogP contribution in [0.15, 0.2) is 0 Å². The molecule has 1 aliphatic rings. The van der Waals surface area contributed by atoms with Crippen LogP contribution in [-0.4, -0.2) is 12.7 Å². The van der Waals surface area contributed by atoms with Crippen molar-refractivity contribution >= 4 is 0 Å². The lowest BCUT2D eigenvalue weighted by atomic mass is 10.1. The van der Waals surface area contributed by atoms with Gasteiger partial charge in [0.15, 0.2) is 0 Å². The van der Waals surface area contributed by atoms with Gasteiger partial charge in [-0.2, -0.15) is 0 Å². The first-order valence-electron chi connectivity index (χ1n) is 3.03. The number of hydrogen-bond acceptors (Lipinski definition) is 1. The summed E-state index contributed by atoms with van der Waals surface area (Å²) in [7, 11) is 0. The van der Waals surface area contributed by atoms with Crippen LogP contribution in [-0.2, 0) is 0 Å². The Morgan fingerprint density at radius 3 is 2.75 bits per heavy atom. The number of piperidine rings is 1. The zero-order valence-electron chi connectivity index (χ0n) is 4.85. The van der Waals surface area contributed by atoms with Crippen molar-refractivity contribution in [3.63, 3.8) is 0 Å². The summed E-state index contributed by atoms with van der Waals surface area (Å²) in [5, 5.41) is 3.11. The van der Waals surface area contributed by atoms with E-state index in [2.05, 4.69) is 10.2 Å².